The standard InChI is InChI=1S/C8H6OS2/c9-8(11-6-10)7-4-2-1-3-5-7/h1-6H. The van der Waals surface area contributed by atoms with Gasteiger partial charge in [0, 0.05) is 10.3 Å². The predicted molar refractivity (Wildman–Crippen MR) is 52.0 cm³/mol. The van der Waals surface area contributed by atoms with Gasteiger partial charge in [0.2, 0.25) is 5.12 Å². The Morgan fingerprint density at radius 3 is 2.55 bits per heavy atom. The van der Waals surface area contributed by atoms with Crippen molar-refractivity contribution in [2.24, 2.45) is 0 Å². The molecular weight excluding hydrogens is 176 g/mol. The number of carbonyl (C=O) groups excluding carboxylic acids is 1. The number of hydrogen-bond donors (Lipinski definition) is 0. The van der Waals surface area contributed by atoms with Gasteiger partial charge in [-0.15, -0.1) is 0 Å². The van der Waals surface area contributed by atoms with Crippen LogP contribution in [0.3, 0.4) is 0 Å². The first-order chi connectivity index (χ1) is 5.34. The van der Waals surface area contributed by atoms with Crippen LogP contribution in [0.5, 0.6) is 0 Å². The van der Waals surface area contributed by atoms with Crippen LogP contribution in [0.2, 0.25) is 0 Å². The molecule has 1 rings (SSSR count). The first kappa shape index (κ1) is 8.43. The molecule has 11 heavy (non-hydrogen) atoms. The number of rotatable bonds is 2. The number of thiocarbonyl (C=S) groups is 1. The van der Waals surface area contributed by atoms with Crippen molar-refractivity contribution in [3.8, 4) is 0 Å². The minimum absolute atomic E-state index is 0.000556. The molecule has 0 bridgehead atoms. The molecule has 0 aromatic heterocycles. The highest BCUT2D eigenvalue weighted by Gasteiger charge is 2.01. The third kappa shape index (κ3) is 2.44. The largest absolute Gasteiger partial charge is 0.281 e. The molecule has 0 atom stereocenters. The van der Waals surface area contributed by atoms with Gasteiger partial charge in [0.1, 0.15) is 0 Å². The molecule has 1 aromatic carbocycles. The molecule has 0 saturated carbocycles. The fraction of sp³-hybridized carbons (Fsp3) is 0. The zero-order valence-electron chi connectivity index (χ0n) is 5.69. The Balaban J connectivity index is 2.77. The molecule has 1 nitrogen and oxygen atoms in total. The van der Waals surface area contributed by atoms with Crippen molar-refractivity contribution in [2.75, 3.05) is 0 Å². The van der Waals surface area contributed by atoms with E-state index in [1.807, 2.05) is 18.2 Å². The Labute approximate surface area is 74.8 Å². The molecule has 0 unspecified atom stereocenters. The lowest BCUT2D eigenvalue weighted by atomic mass is 10.2. The monoisotopic (exact) mass is 182 g/mol. The molecule has 0 saturated heterocycles. The van der Waals surface area contributed by atoms with Crippen LogP contribution in [0, 0.1) is 0 Å². The van der Waals surface area contributed by atoms with Crippen LogP contribution in [0.1, 0.15) is 10.4 Å². The lowest BCUT2D eigenvalue weighted by molar-refractivity contribution is 0.109. The van der Waals surface area contributed by atoms with Crippen LogP contribution >= 0.6 is 24.0 Å². The summed E-state index contributed by atoms with van der Waals surface area (Å²) >= 11 is 5.58. The van der Waals surface area contributed by atoms with Crippen molar-refractivity contribution in [1.29, 1.82) is 0 Å². The molecule has 0 spiro atoms. The number of carbonyl (C=O) groups is 1. The van der Waals surface area contributed by atoms with E-state index in [2.05, 4.69) is 12.2 Å². The molecule has 0 heterocycles. The van der Waals surface area contributed by atoms with Crippen LogP contribution in [0.25, 0.3) is 0 Å². The van der Waals surface area contributed by atoms with Gasteiger partial charge in [0.15, 0.2) is 0 Å². The molecule has 0 aliphatic carbocycles. The average molecular weight is 182 g/mol. The molecule has 56 valence electrons. The lowest BCUT2D eigenvalue weighted by Crippen LogP contribution is -1.90. The second kappa shape index (κ2) is 4.26. The summed E-state index contributed by atoms with van der Waals surface area (Å²) in [7, 11) is 0. The van der Waals surface area contributed by atoms with E-state index in [1.54, 1.807) is 12.1 Å². The van der Waals surface area contributed by atoms with Crippen LogP contribution in [0.4, 0.5) is 0 Å². The second-order valence-electron chi connectivity index (χ2n) is 1.87. The highest BCUT2D eigenvalue weighted by Crippen LogP contribution is 2.08. The fourth-order valence-electron chi connectivity index (χ4n) is 0.686. The van der Waals surface area contributed by atoms with Gasteiger partial charge in [-0.25, -0.2) is 0 Å². The Morgan fingerprint density at radius 1 is 1.36 bits per heavy atom. The topological polar surface area (TPSA) is 17.1 Å². The van der Waals surface area contributed by atoms with Gasteiger partial charge in [0.05, 0.1) is 0 Å². The summed E-state index contributed by atoms with van der Waals surface area (Å²) in [6, 6.07) is 9.08. The second-order valence-corrected chi connectivity index (χ2v) is 3.24. The van der Waals surface area contributed by atoms with E-state index in [-0.39, 0.29) is 5.12 Å². The van der Waals surface area contributed by atoms with Gasteiger partial charge in [-0.05, 0) is 11.8 Å². The maximum atomic E-state index is 11.1. The third-order valence-electron chi connectivity index (χ3n) is 1.16. The number of benzene rings is 1. The first-order valence-electron chi connectivity index (χ1n) is 3.04. The Bertz CT molecular complexity index is 256. The summed E-state index contributed by atoms with van der Waals surface area (Å²) in [4.78, 5) is 11.1. The molecule has 0 aliphatic heterocycles. The maximum Gasteiger partial charge on any atom is 0.224 e. The van der Waals surface area contributed by atoms with Gasteiger partial charge in [-0.3, -0.25) is 4.79 Å². The SMILES string of the molecule is O=C(SC=S)c1ccccc1. The molecule has 0 N–H and O–H groups in total. The molecule has 3 heteroatoms. The van der Waals surface area contributed by atoms with Gasteiger partial charge in [-0.2, -0.15) is 0 Å². The van der Waals surface area contributed by atoms with Crippen LogP contribution in [-0.4, -0.2) is 9.81 Å². The van der Waals surface area contributed by atoms with E-state index in [0.717, 1.165) is 11.8 Å². The van der Waals surface area contributed by atoms with Gasteiger partial charge in [0.25, 0.3) is 0 Å². The normalized spacial score (nSPS) is 9.09. The van der Waals surface area contributed by atoms with Gasteiger partial charge < -0.3 is 0 Å². The van der Waals surface area contributed by atoms with Gasteiger partial charge >= 0.3 is 0 Å². The zero-order valence-corrected chi connectivity index (χ0v) is 7.32. The summed E-state index contributed by atoms with van der Waals surface area (Å²) in [6.07, 6.45) is 0. The summed E-state index contributed by atoms with van der Waals surface area (Å²) in [5.41, 5.74) is 0.693. The molecular formula is C8H6OS2. The fourth-order valence-corrected chi connectivity index (χ4v) is 1.31. The quantitative estimate of drug-likeness (QED) is 0.654. The van der Waals surface area contributed by atoms with Crippen LogP contribution in [0.15, 0.2) is 30.3 Å². The van der Waals surface area contributed by atoms with Crippen molar-refractivity contribution in [2.45, 2.75) is 0 Å². The van der Waals surface area contributed by atoms with Crippen molar-refractivity contribution in [1.82, 2.24) is 0 Å². The van der Waals surface area contributed by atoms with E-state index in [4.69, 9.17) is 0 Å². The van der Waals surface area contributed by atoms with E-state index in [0.29, 0.717) is 5.56 Å². The van der Waals surface area contributed by atoms with Crippen molar-refractivity contribution < 1.29 is 4.79 Å². The highest BCUT2D eigenvalue weighted by molar-refractivity contribution is 8.31. The van der Waals surface area contributed by atoms with E-state index >= 15 is 0 Å². The predicted octanol–water partition coefficient (Wildman–Crippen LogP) is 2.52. The number of hydrogen-bond acceptors (Lipinski definition) is 3. The summed E-state index contributed by atoms with van der Waals surface area (Å²) in [6.45, 7) is 0. The molecule has 0 radical (unpaired) electrons. The highest BCUT2D eigenvalue weighted by atomic mass is 32.2. The first-order valence-corrected chi connectivity index (χ1v) is 4.39. The minimum Gasteiger partial charge on any atom is -0.281 e. The van der Waals surface area contributed by atoms with Crippen LogP contribution in [-0.2, 0) is 0 Å². The smallest absolute Gasteiger partial charge is 0.224 e. The third-order valence-corrected chi connectivity index (χ3v) is 2.00. The van der Waals surface area contributed by atoms with Crippen molar-refractivity contribution in [3.05, 3.63) is 35.9 Å². The maximum absolute atomic E-state index is 11.1. The number of thioether (sulfide) groups is 1. The average Bonchev–Trinajstić information content (AvgIpc) is 2.07. The summed E-state index contributed by atoms with van der Waals surface area (Å²) < 4.78 is 1.37. The molecule has 0 aliphatic rings. The molecule has 0 fully saturated rings. The van der Waals surface area contributed by atoms with E-state index < -0.39 is 0 Å². The van der Waals surface area contributed by atoms with E-state index in [9.17, 15) is 4.79 Å². The van der Waals surface area contributed by atoms with Crippen LogP contribution < -0.4 is 0 Å². The van der Waals surface area contributed by atoms with Crippen molar-refractivity contribution in [3.63, 3.8) is 0 Å². The molecule has 0 amide bonds. The zero-order chi connectivity index (χ0) is 8.10. The lowest BCUT2D eigenvalue weighted by Gasteiger charge is -1.93. The minimum atomic E-state index is 0.000556. The Hall–Kier alpha value is -0.670. The van der Waals surface area contributed by atoms with E-state index in [1.165, 1.54) is 4.70 Å². The Kier molecular flexibility index (Phi) is 3.26. The molecule has 1 aromatic rings. The summed E-state index contributed by atoms with van der Waals surface area (Å²) in [5.74, 6) is 0. The van der Waals surface area contributed by atoms with Crippen molar-refractivity contribution >= 4 is 33.8 Å². The summed E-state index contributed by atoms with van der Waals surface area (Å²) in [5, 5.41) is 0.000556. The van der Waals surface area contributed by atoms with Gasteiger partial charge in [-0.1, -0.05) is 42.5 Å². The Morgan fingerprint density at radius 2 is 2.00 bits per heavy atom.